The fraction of sp³-hybridized carbons (Fsp3) is 0.500. The number of ether oxygens (including phenoxy) is 1. The average Bonchev–Trinajstić information content (AvgIpc) is 3.24. The predicted octanol–water partition coefficient (Wildman–Crippen LogP) is 2.34. The monoisotopic (exact) mass is 431 g/mol. The minimum Gasteiger partial charge on any atom is -0.493 e. The first-order valence-electron chi connectivity index (χ1n) is 10.6. The minimum absolute atomic E-state index is 0.202. The summed E-state index contributed by atoms with van der Waals surface area (Å²) in [7, 11) is -3.63. The second-order valence-corrected chi connectivity index (χ2v) is 9.88. The molecule has 0 saturated carbocycles. The Morgan fingerprint density at radius 1 is 1.07 bits per heavy atom. The summed E-state index contributed by atoms with van der Waals surface area (Å²) >= 11 is 0. The number of nitrogens with two attached hydrogens (primary N) is 1. The van der Waals surface area contributed by atoms with Gasteiger partial charge in [0.15, 0.2) is 0 Å². The number of carbonyl (C=O) groups excluding carboxylic acids is 1. The summed E-state index contributed by atoms with van der Waals surface area (Å²) < 4.78 is 34.2. The smallest absolute Gasteiger partial charge is 0.243 e. The summed E-state index contributed by atoms with van der Waals surface area (Å²) in [5.74, 6) is 0.417. The second kappa shape index (κ2) is 8.53. The van der Waals surface area contributed by atoms with Crippen LogP contribution in [0.25, 0.3) is 10.8 Å². The van der Waals surface area contributed by atoms with Crippen LogP contribution in [0.4, 0.5) is 0 Å². The number of hydrogen-bond donors (Lipinski definition) is 1. The zero-order chi connectivity index (χ0) is 21.3. The van der Waals surface area contributed by atoms with Gasteiger partial charge in [0.1, 0.15) is 5.75 Å². The van der Waals surface area contributed by atoms with E-state index in [9.17, 15) is 13.2 Å². The Morgan fingerprint density at radius 2 is 1.77 bits per heavy atom. The van der Waals surface area contributed by atoms with Gasteiger partial charge in [-0.3, -0.25) is 9.69 Å². The molecule has 2 fully saturated rings. The number of piperidine rings is 1. The lowest BCUT2D eigenvalue weighted by Gasteiger charge is -2.38. The minimum atomic E-state index is -3.63. The fourth-order valence-corrected chi connectivity index (χ4v) is 6.50. The van der Waals surface area contributed by atoms with Crippen LogP contribution in [0.5, 0.6) is 5.75 Å². The summed E-state index contributed by atoms with van der Waals surface area (Å²) in [4.78, 5) is 14.2. The van der Waals surface area contributed by atoms with E-state index >= 15 is 0 Å². The third kappa shape index (κ3) is 3.79. The number of carbonyl (C=O) groups is 1. The molecule has 0 spiro atoms. The van der Waals surface area contributed by atoms with E-state index in [-0.39, 0.29) is 18.0 Å². The molecule has 7 nitrogen and oxygen atoms in total. The summed E-state index contributed by atoms with van der Waals surface area (Å²) in [6.07, 6.45) is 3.17. The molecule has 0 unspecified atom stereocenters. The maximum Gasteiger partial charge on any atom is 0.243 e. The number of hydrogen-bond acceptors (Lipinski definition) is 5. The van der Waals surface area contributed by atoms with Crippen LogP contribution in [0, 0.1) is 0 Å². The van der Waals surface area contributed by atoms with Gasteiger partial charge in [-0.15, -0.1) is 0 Å². The van der Waals surface area contributed by atoms with Gasteiger partial charge in [0.25, 0.3) is 0 Å². The number of sulfonamides is 1. The molecule has 2 heterocycles. The van der Waals surface area contributed by atoms with Crippen molar-refractivity contribution in [1.29, 1.82) is 0 Å². The van der Waals surface area contributed by atoms with E-state index < -0.39 is 10.0 Å². The lowest BCUT2D eigenvalue weighted by molar-refractivity contribution is -0.123. The molecule has 0 bridgehead atoms. The SMILES string of the molecule is CCOc1ccc(S(=O)(=O)N2CCC(N3CCC[C@H]3C(N)=O)CC2)c2ccccc12. The van der Waals surface area contributed by atoms with Gasteiger partial charge in [0, 0.05) is 29.9 Å². The highest BCUT2D eigenvalue weighted by Gasteiger charge is 2.38. The van der Waals surface area contributed by atoms with Crippen molar-refractivity contribution < 1.29 is 17.9 Å². The first kappa shape index (κ1) is 21.1. The van der Waals surface area contributed by atoms with E-state index in [0.29, 0.717) is 48.6 Å². The van der Waals surface area contributed by atoms with E-state index in [1.54, 1.807) is 16.4 Å². The highest BCUT2D eigenvalue weighted by Crippen LogP contribution is 2.34. The Balaban J connectivity index is 1.56. The number of amides is 1. The summed E-state index contributed by atoms with van der Waals surface area (Å²) in [6, 6.07) is 10.8. The molecule has 162 valence electrons. The van der Waals surface area contributed by atoms with Crippen molar-refractivity contribution in [1.82, 2.24) is 9.21 Å². The molecule has 2 N–H and O–H groups in total. The molecule has 30 heavy (non-hydrogen) atoms. The van der Waals surface area contributed by atoms with Crippen LogP contribution in [0.2, 0.25) is 0 Å². The lowest BCUT2D eigenvalue weighted by Crippen LogP contribution is -2.51. The van der Waals surface area contributed by atoms with Crippen molar-refractivity contribution in [2.24, 2.45) is 5.73 Å². The van der Waals surface area contributed by atoms with Gasteiger partial charge in [-0.05, 0) is 51.3 Å². The fourth-order valence-electron chi connectivity index (χ4n) is 4.83. The van der Waals surface area contributed by atoms with Crippen molar-refractivity contribution >= 4 is 26.7 Å². The number of primary amides is 1. The van der Waals surface area contributed by atoms with Crippen molar-refractivity contribution in [3.63, 3.8) is 0 Å². The molecule has 0 radical (unpaired) electrons. The molecule has 2 saturated heterocycles. The molecule has 1 atom stereocenters. The predicted molar refractivity (Wildman–Crippen MR) is 116 cm³/mol. The summed E-state index contributed by atoms with van der Waals surface area (Å²) in [5, 5.41) is 1.48. The molecule has 1 amide bonds. The molecule has 4 rings (SSSR count). The molecule has 8 heteroatoms. The lowest BCUT2D eigenvalue weighted by atomic mass is 10.0. The highest BCUT2D eigenvalue weighted by molar-refractivity contribution is 7.89. The van der Waals surface area contributed by atoms with Gasteiger partial charge < -0.3 is 10.5 Å². The zero-order valence-corrected chi connectivity index (χ0v) is 18.1. The van der Waals surface area contributed by atoms with Gasteiger partial charge in [0.05, 0.1) is 17.5 Å². The van der Waals surface area contributed by atoms with Crippen molar-refractivity contribution in [2.75, 3.05) is 26.2 Å². The molecular formula is C22H29N3O4S. The van der Waals surface area contributed by atoms with Crippen LogP contribution in [-0.4, -0.2) is 61.9 Å². The summed E-state index contributed by atoms with van der Waals surface area (Å²) in [5.41, 5.74) is 5.56. The second-order valence-electron chi connectivity index (χ2n) is 7.97. The van der Waals surface area contributed by atoms with Crippen LogP contribution in [0.15, 0.2) is 41.3 Å². The topological polar surface area (TPSA) is 92.9 Å². The van der Waals surface area contributed by atoms with E-state index in [2.05, 4.69) is 4.90 Å². The van der Waals surface area contributed by atoms with Gasteiger partial charge >= 0.3 is 0 Å². The maximum atomic E-state index is 13.5. The summed E-state index contributed by atoms with van der Waals surface area (Å²) in [6.45, 7) is 4.17. The molecule has 2 aliphatic rings. The molecule has 2 aromatic rings. The Bertz CT molecular complexity index is 1030. The first-order valence-corrected chi connectivity index (χ1v) is 12.1. The van der Waals surface area contributed by atoms with Gasteiger partial charge in [-0.2, -0.15) is 4.31 Å². The molecule has 0 aromatic heterocycles. The van der Waals surface area contributed by atoms with Crippen LogP contribution >= 0.6 is 0 Å². The number of nitrogens with zero attached hydrogens (tertiary/aromatic N) is 2. The van der Waals surface area contributed by atoms with Crippen LogP contribution in [0.3, 0.4) is 0 Å². The third-order valence-electron chi connectivity index (χ3n) is 6.28. The highest BCUT2D eigenvalue weighted by atomic mass is 32.2. The largest absolute Gasteiger partial charge is 0.493 e. The molecule has 2 aromatic carbocycles. The zero-order valence-electron chi connectivity index (χ0n) is 17.3. The Labute approximate surface area is 177 Å². The van der Waals surface area contributed by atoms with Gasteiger partial charge in [0.2, 0.25) is 15.9 Å². The standard InChI is InChI=1S/C22H29N3O4S/c1-2-29-20-9-10-21(18-7-4-3-6-17(18)20)30(27,28)24-14-11-16(12-15-24)25-13-5-8-19(25)22(23)26/h3-4,6-7,9-10,16,19H,2,5,8,11-15H2,1H3,(H2,23,26)/t19-/m0/s1. The van der Waals surface area contributed by atoms with Crippen LogP contribution in [0.1, 0.15) is 32.6 Å². The average molecular weight is 432 g/mol. The third-order valence-corrected chi connectivity index (χ3v) is 8.23. The maximum absolute atomic E-state index is 13.5. The Morgan fingerprint density at radius 3 is 2.43 bits per heavy atom. The quantitative estimate of drug-likeness (QED) is 0.758. The molecule has 2 aliphatic heterocycles. The number of rotatable bonds is 6. The van der Waals surface area contributed by atoms with Crippen LogP contribution < -0.4 is 10.5 Å². The van der Waals surface area contributed by atoms with Gasteiger partial charge in [-0.25, -0.2) is 8.42 Å². The van der Waals surface area contributed by atoms with Crippen molar-refractivity contribution in [2.45, 2.75) is 49.6 Å². The molecule has 0 aliphatic carbocycles. The van der Waals surface area contributed by atoms with E-state index in [0.717, 1.165) is 24.8 Å². The first-order chi connectivity index (χ1) is 14.4. The van der Waals surface area contributed by atoms with Gasteiger partial charge in [-0.1, -0.05) is 24.3 Å². The van der Waals surface area contributed by atoms with E-state index in [4.69, 9.17) is 10.5 Å². The van der Waals surface area contributed by atoms with Crippen molar-refractivity contribution in [3.8, 4) is 5.75 Å². The molecular weight excluding hydrogens is 402 g/mol. The van der Waals surface area contributed by atoms with E-state index in [1.807, 2.05) is 31.2 Å². The Hall–Kier alpha value is -2.16. The normalized spacial score (nSPS) is 21.8. The van der Waals surface area contributed by atoms with Crippen molar-refractivity contribution in [3.05, 3.63) is 36.4 Å². The number of likely N-dealkylation sites (tertiary alicyclic amines) is 1. The Kier molecular flexibility index (Phi) is 5.99. The van der Waals surface area contributed by atoms with Crippen LogP contribution in [-0.2, 0) is 14.8 Å². The number of benzene rings is 2. The van der Waals surface area contributed by atoms with E-state index in [1.165, 1.54) is 0 Å². The number of fused-ring (bicyclic) bond motifs is 1.